The predicted octanol–water partition coefficient (Wildman–Crippen LogP) is 3.98. The van der Waals surface area contributed by atoms with Gasteiger partial charge in [-0.25, -0.2) is 4.79 Å². The third-order valence-corrected chi connectivity index (χ3v) is 8.14. The smallest absolute Gasteiger partial charge is 0.325 e. The Hall–Kier alpha value is -1.42. The van der Waals surface area contributed by atoms with Crippen LogP contribution in [0.1, 0.15) is 43.6 Å². The minimum absolute atomic E-state index is 0.0296. The first-order valence-corrected chi connectivity index (χ1v) is 9.76. The van der Waals surface area contributed by atoms with Crippen molar-refractivity contribution in [1.29, 1.82) is 0 Å². The number of hydrogen-bond acceptors (Lipinski definition) is 3. The molecule has 0 saturated carbocycles. The van der Waals surface area contributed by atoms with E-state index in [9.17, 15) is 9.59 Å². The van der Waals surface area contributed by atoms with E-state index < -0.39 is 8.32 Å². The van der Waals surface area contributed by atoms with E-state index in [1.165, 1.54) is 6.92 Å². The van der Waals surface area contributed by atoms with Crippen LogP contribution in [0.25, 0.3) is 0 Å². The van der Waals surface area contributed by atoms with E-state index in [1.807, 2.05) is 25.2 Å². The molecular weight excluding hydrogens is 268 g/mol. The van der Waals surface area contributed by atoms with Gasteiger partial charge in [0.1, 0.15) is 5.78 Å². The van der Waals surface area contributed by atoms with Gasteiger partial charge in [0.2, 0.25) is 0 Å². The van der Waals surface area contributed by atoms with Crippen LogP contribution >= 0.6 is 0 Å². The van der Waals surface area contributed by atoms with Crippen molar-refractivity contribution < 1.29 is 14.0 Å². The fourth-order valence-corrected chi connectivity index (χ4v) is 2.46. The summed E-state index contributed by atoms with van der Waals surface area (Å²) in [6, 6.07) is 7.17. The summed E-state index contributed by atoms with van der Waals surface area (Å²) in [6.45, 7) is 11.9. The Bertz CT molecular complexity index is 513. The van der Waals surface area contributed by atoms with Crippen molar-refractivity contribution in [3.05, 3.63) is 35.4 Å². The van der Waals surface area contributed by atoms with Crippen molar-refractivity contribution in [1.82, 2.24) is 0 Å². The van der Waals surface area contributed by atoms with Gasteiger partial charge >= 0.3 is 5.97 Å². The van der Waals surface area contributed by atoms with Gasteiger partial charge in [-0.05, 0) is 36.7 Å². The van der Waals surface area contributed by atoms with Gasteiger partial charge in [-0.2, -0.15) is 0 Å². The molecule has 0 unspecified atom stereocenters. The van der Waals surface area contributed by atoms with Gasteiger partial charge in [-0.1, -0.05) is 39.0 Å². The van der Waals surface area contributed by atoms with Gasteiger partial charge in [0, 0.05) is 6.42 Å². The van der Waals surface area contributed by atoms with Gasteiger partial charge in [0.15, 0.2) is 0 Å². The first-order valence-electron chi connectivity index (χ1n) is 6.85. The molecule has 1 rings (SSSR count). The summed E-state index contributed by atoms with van der Waals surface area (Å²) in [5.41, 5.74) is 1.25. The lowest BCUT2D eigenvalue weighted by Crippen LogP contribution is -2.42. The third-order valence-electron chi connectivity index (χ3n) is 3.83. The van der Waals surface area contributed by atoms with Crippen LogP contribution in [-0.2, 0) is 15.6 Å². The molecule has 110 valence electrons. The van der Waals surface area contributed by atoms with Crippen molar-refractivity contribution >= 4 is 20.1 Å². The molecule has 0 N–H and O–H groups in total. The molecule has 0 fully saturated rings. The number of Topliss-reactive ketones (excluding diaryl/α,β-unsaturated/α-hetero) is 1. The number of benzene rings is 1. The molecule has 0 aliphatic rings. The van der Waals surface area contributed by atoms with Gasteiger partial charge in [0.05, 0.1) is 5.56 Å². The van der Waals surface area contributed by atoms with Crippen LogP contribution in [0.2, 0.25) is 18.1 Å². The van der Waals surface area contributed by atoms with E-state index in [0.717, 1.165) is 5.56 Å². The molecule has 0 bridgehead atoms. The summed E-state index contributed by atoms with van der Waals surface area (Å²) in [7, 11) is -2.15. The molecule has 0 aliphatic heterocycles. The molecule has 4 heteroatoms. The zero-order chi connectivity index (χ0) is 15.6. The Kier molecular flexibility index (Phi) is 4.92. The largest absolute Gasteiger partial charge is 0.516 e. The lowest BCUT2D eigenvalue weighted by Gasteiger charge is -2.35. The Morgan fingerprint density at radius 1 is 1.15 bits per heavy atom. The Labute approximate surface area is 122 Å². The molecule has 20 heavy (non-hydrogen) atoms. The van der Waals surface area contributed by atoms with Crippen LogP contribution in [-0.4, -0.2) is 20.1 Å². The summed E-state index contributed by atoms with van der Waals surface area (Å²) in [5, 5.41) is -0.0296. The molecule has 0 aliphatic carbocycles. The lowest BCUT2D eigenvalue weighted by atomic mass is 10.0. The highest BCUT2D eigenvalue weighted by molar-refractivity contribution is 6.75. The zero-order valence-corrected chi connectivity index (χ0v) is 14.2. The number of ketones is 1. The molecule has 1 aromatic carbocycles. The second-order valence-electron chi connectivity index (χ2n) is 6.69. The first kappa shape index (κ1) is 16.6. The number of carbonyl (C=O) groups excluding carboxylic acids is 2. The average Bonchev–Trinajstić information content (AvgIpc) is 2.26. The van der Waals surface area contributed by atoms with E-state index in [4.69, 9.17) is 4.43 Å². The summed E-state index contributed by atoms with van der Waals surface area (Å²) in [4.78, 5) is 23.7. The van der Waals surface area contributed by atoms with E-state index in [0.29, 0.717) is 5.56 Å². The van der Waals surface area contributed by atoms with Gasteiger partial charge in [0.25, 0.3) is 8.32 Å². The number of rotatable bonds is 4. The van der Waals surface area contributed by atoms with Crippen molar-refractivity contribution in [2.45, 2.75) is 52.2 Å². The van der Waals surface area contributed by atoms with Gasteiger partial charge in [-0.3, -0.25) is 4.79 Å². The lowest BCUT2D eigenvalue weighted by molar-refractivity contribution is -0.116. The molecule has 0 spiro atoms. The maximum Gasteiger partial charge on any atom is 0.325 e. The van der Waals surface area contributed by atoms with E-state index >= 15 is 0 Å². The molecule has 0 amide bonds. The second kappa shape index (κ2) is 5.91. The SMILES string of the molecule is CC(=O)Cc1ccccc1C(=O)O[Si](C)(C)C(C)(C)C. The fourth-order valence-electron chi connectivity index (χ4n) is 1.58. The molecule has 0 radical (unpaired) electrons. The van der Waals surface area contributed by atoms with Crippen LogP contribution in [0.4, 0.5) is 0 Å². The maximum absolute atomic E-state index is 12.4. The van der Waals surface area contributed by atoms with Crippen molar-refractivity contribution in [2.24, 2.45) is 0 Å². The normalized spacial score (nSPS) is 12.1. The average molecular weight is 292 g/mol. The van der Waals surface area contributed by atoms with Crippen LogP contribution in [0.15, 0.2) is 24.3 Å². The van der Waals surface area contributed by atoms with E-state index in [2.05, 4.69) is 20.8 Å². The van der Waals surface area contributed by atoms with Crippen LogP contribution in [0.3, 0.4) is 0 Å². The topological polar surface area (TPSA) is 43.4 Å². The summed E-state index contributed by atoms with van der Waals surface area (Å²) < 4.78 is 5.80. The summed E-state index contributed by atoms with van der Waals surface area (Å²) in [5.74, 6) is -0.272. The zero-order valence-electron chi connectivity index (χ0n) is 13.2. The minimum atomic E-state index is -2.15. The standard InChI is InChI=1S/C16H24O3Si/c1-12(17)11-13-9-7-8-10-14(13)15(18)19-20(5,6)16(2,3)4/h7-10H,11H2,1-6H3. The van der Waals surface area contributed by atoms with Gasteiger partial charge < -0.3 is 4.43 Å². The monoisotopic (exact) mass is 292 g/mol. The first-order chi connectivity index (χ1) is 9.04. The van der Waals surface area contributed by atoms with Crippen LogP contribution in [0, 0.1) is 0 Å². The Balaban J connectivity index is 3.02. The quantitative estimate of drug-likeness (QED) is 0.788. The molecular formula is C16H24O3Si. The minimum Gasteiger partial charge on any atom is -0.516 e. The molecule has 0 saturated heterocycles. The maximum atomic E-state index is 12.4. The van der Waals surface area contributed by atoms with Gasteiger partial charge in [-0.15, -0.1) is 0 Å². The van der Waals surface area contributed by atoms with Crippen LogP contribution in [0.5, 0.6) is 0 Å². The highest BCUT2D eigenvalue weighted by Crippen LogP contribution is 2.37. The predicted molar refractivity (Wildman–Crippen MR) is 83.4 cm³/mol. The summed E-state index contributed by atoms with van der Waals surface area (Å²) in [6.07, 6.45) is 0.267. The van der Waals surface area contributed by atoms with Crippen molar-refractivity contribution in [3.63, 3.8) is 0 Å². The van der Waals surface area contributed by atoms with E-state index in [1.54, 1.807) is 12.1 Å². The number of carbonyl (C=O) groups is 2. The number of hydrogen-bond donors (Lipinski definition) is 0. The van der Waals surface area contributed by atoms with Crippen molar-refractivity contribution in [3.8, 4) is 0 Å². The molecule has 3 nitrogen and oxygen atoms in total. The Morgan fingerprint density at radius 3 is 2.20 bits per heavy atom. The highest BCUT2D eigenvalue weighted by Gasteiger charge is 2.40. The molecule has 1 aromatic rings. The summed E-state index contributed by atoms with van der Waals surface area (Å²) >= 11 is 0. The molecule has 0 heterocycles. The van der Waals surface area contributed by atoms with Crippen LogP contribution < -0.4 is 0 Å². The van der Waals surface area contributed by atoms with E-state index in [-0.39, 0.29) is 23.2 Å². The second-order valence-corrected chi connectivity index (χ2v) is 11.4. The molecule has 0 atom stereocenters. The fraction of sp³-hybridized carbons (Fsp3) is 0.500. The third kappa shape index (κ3) is 4.03. The molecule has 0 aromatic heterocycles. The Morgan fingerprint density at radius 2 is 1.70 bits per heavy atom. The highest BCUT2D eigenvalue weighted by atomic mass is 28.4. The van der Waals surface area contributed by atoms with Crippen molar-refractivity contribution in [2.75, 3.05) is 0 Å².